The highest BCUT2D eigenvalue weighted by Gasteiger charge is 2.57. The summed E-state index contributed by atoms with van der Waals surface area (Å²) < 4.78 is 64.8. The summed E-state index contributed by atoms with van der Waals surface area (Å²) in [5.74, 6) is -4.45. The summed E-state index contributed by atoms with van der Waals surface area (Å²) in [7, 11) is -3.97. The number of hydrogen-bond acceptors (Lipinski definition) is 8. The molecule has 10 nitrogen and oxygen atoms in total. The molecule has 0 spiro atoms. The molecule has 0 radical (unpaired) electrons. The number of thioether (sulfide) groups is 1. The van der Waals surface area contributed by atoms with Crippen molar-refractivity contribution < 1.29 is 36.0 Å². The third-order valence-corrected chi connectivity index (χ3v) is 11.9. The maximum atomic E-state index is 14.0. The number of benzene rings is 3. The van der Waals surface area contributed by atoms with Gasteiger partial charge in [0.2, 0.25) is 27.7 Å². The number of fused-ring (bicyclic) bond motifs is 2. The largest absolute Gasteiger partial charge is 0.416 e. The molecule has 3 N–H and O–H groups in total. The van der Waals surface area contributed by atoms with Crippen LogP contribution in [-0.2, 0) is 37.1 Å². The van der Waals surface area contributed by atoms with Gasteiger partial charge in [-0.15, -0.1) is 0 Å². The number of primary sulfonamides is 1. The second kappa shape index (κ2) is 12.1. The van der Waals surface area contributed by atoms with Crippen LogP contribution in [0.1, 0.15) is 21.9 Å². The fourth-order valence-electron chi connectivity index (χ4n) is 5.50. The lowest BCUT2D eigenvalue weighted by atomic mass is 9.83. The molecule has 0 aliphatic carbocycles. The van der Waals surface area contributed by atoms with Crippen molar-refractivity contribution in [3.8, 4) is 0 Å². The van der Waals surface area contributed by atoms with Crippen LogP contribution in [0.15, 0.2) is 81.4 Å². The minimum absolute atomic E-state index is 0.0571. The number of imide groups is 1. The zero-order valence-corrected chi connectivity index (χ0v) is 27.3. The number of carbonyl (C=O) groups is 3. The SMILES string of the molecule is NS(=O)(=O)c1ccc(NC(=O)Cn2c3c(sc2=O)[C@H](c2cccc(Cl)c2Cl)C2C(=O)N(c4cccc(C(F)(F)F)c4)C(=O)C2S3)cc1. The second-order valence-corrected chi connectivity index (χ2v) is 15.0. The summed E-state index contributed by atoms with van der Waals surface area (Å²) in [6.07, 6.45) is -4.73. The first kappa shape index (κ1) is 33.2. The van der Waals surface area contributed by atoms with Gasteiger partial charge in [0.15, 0.2) is 0 Å². The summed E-state index contributed by atoms with van der Waals surface area (Å²) in [4.78, 5) is 54.5. The Balaban J connectivity index is 1.40. The summed E-state index contributed by atoms with van der Waals surface area (Å²) in [6.45, 7) is -0.526. The van der Waals surface area contributed by atoms with Crippen molar-refractivity contribution in [1.29, 1.82) is 0 Å². The van der Waals surface area contributed by atoms with Gasteiger partial charge in [-0.1, -0.05) is 64.5 Å². The van der Waals surface area contributed by atoms with E-state index >= 15 is 0 Å². The average Bonchev–Trinajstić information content (AvgIpc) is 3.44. The Labute approximate surface area is 282 Å². The molecule has 2 aliphatic rings. The van der Waals surface area contributed by atoms with E-state index in [1.165, 1.54) is 36.4 Å². The highest BCUT2D eigenvalue weighted by Crippen LogP contribution is 2.55. The van der Waals surface area contributed by atoms with Crippen LogP contribution < -0.4 is 20.2 Å². The fourth-order valence-corrected chi connectivity index (χ4v) is 9.20. The lowest BCUT2D eigenvalue weighted by Crippen LogP contribution is -2.33. The number of hydrogen-bond donors (Lipinski definition) is 2. The zero-order chi connectivity index (χ0) is 34.0. The van der Waals surface area contributed by atoms with E-state index in [1.54, 1.807) is 12.1 Å². The number of nitrogens with one attached hydrogen (secondary N) is 1. The van der Waals surface area contributed by atoms with Crippen LogP contribution in [0.3, 0.4) is 0 Å². The van der Waals surface area contributed by atoms with Crippen molar-refractivity contribution in [1.82, 2.24) is 4.57 Å². The number of aromatic nitrogens is 1. The second-order valence-electron chi connectivity index (χ2n) is 10.5. The van der Waals surface area contributed by atoms with Crippen LogP contribution in [-0.4, -0.2) is 36.0 Å². The highest BCUT2D eigenvalue weighted by atomic mass is 35.5. The standard InChI is InChI=1S/C29H19Cl2F3N4O6S3/c30-18-6-2-5-17(22(18)31)20-21-23(26(41)38(25(21)40)15-4-1-3-13(11-15)29(32,33)34)45-27-24(20)46-28(42)37(27)12-19(39)36-14-7-9-16(10-8-14)47(35,43)44/h1-11,20-21,23H,12H2,(H,36,39)(H2,35,43,44)/t20-,21?,23?/m1/s1. The number of anilines is 2. The number of sulfonamides is 1. The molecule has 18 heteroatoms. The summed E-state index contributed by atoms with van der Waals surface area (Å²) in [6, 6.07) is 13.5. The molecule has 1 saturated heterocycles. The molecule has 2 aliphatic heterocycles. The number of halogens is 5. The van der Waals surface area contributed by atoms with Crippen LogP contribution in [0.2, 0.25) is 10.0 Å². The molecule has 4 aromatic rings. The Morgan fingerprint density at radius 2 is 1.66 bits per heavy atom. The van der Waals surface area contributed by atoms with E-state index in [0.29, 0.717) is 21.4 Å². The lowest BCUT2D eigenvalue weighted by molar-refractivity contribution is -0.137. The number of nitrogens with two attached hydrogens (primary N) is 1. The van der Waals surface area contributed by atoms with Crippen molar-refractivity contribution in [3.05, 3.63) is 102 Å². The topological polar surface area (TPSA) is 149 Å². The van der Waals surface area contributed by atoms with Gasteiger partial charge < -0.3 is 5.32 Å². The Kier molecular flexibility index (Phi) is 8.55. The number of alkyl halides is 3. The Bertz CT molecular complexity index is 2140. The molecule has 0 bridgehead atoms. The molecule has 1 fully saturated rings. The first-order chi connectivity index (χ1) is 22.1. The zero-order valence-electron chi connectivity index (χ0n) is 23.3. The average molecular weight is 744 g/mol. The maximum Gasteiger partial charge on any atom is 0.416 e. The molecule has 0 saturated carbocycles. The molecular formula is C29H19Cl2F3N4O6S3. The first-order valence-corrected chi connectivity index (χ1v) is 17.4. The van der Waals surface area contributed by atoms with E-state index in [2.05, 4.69) is 5.32 Å². The van der Waals surface area contributed by atoms with Gasteiger partial charge in [0.25, 0.3) is 0 Å². The Hall–Kier alpha value is -3.67. The molecule has 3 heterocycles. The maximum absolute atomic E-state index is 14.0. The van der Waals surface area contributed by atoms with Crippen LogP contribution in [0.4, 0.5) is 24.5 Å². The molecule has 1 aromatic heterocycles. The van der Waals surface area contributed by atoms with Gasteiger partial charge >= 0.3 is 11.0 Å². The molecule has 47 heavy (non-hydrogen) atoms. The highest BCUT2D eigenvalue weighted by molar-refractivity contribution is 8.00. The number of thiazole rings is 1. The van der Waals surface area contributed by atoms with E-state index < -0.39 is 68.0 Å². The van der Waals surface area contributed by atoms with Crippen molar-refractivity contribution in [3.63, 3.8) is 0 Å². The number of nitrogens with zero attached hydrogens (tertiary/aromatic N) is 2. The van der Waals surface area contributed by atoms with Crippen molar-refractivity contribution in [2.45, 2.75) is 33.8 Å². The third-order valence-electron chi connectivity index (χ3n) is 7.57. The predicted octanol–water partition coefficient (Wildman–Crippen LogP) is 5.32. The van der Waals surface area contributed by atoms with E-state index in [9.17, 15) is 40.8 Å². The van der Waals surface area contributed by atoms with Crippen LogP contribution in [0, 0.1) is 5.92 Å². The van der Waals surface area contributed by atoms with Crippen LogP contribution in [0.25, 0.3) is 0 Å². The van der Waals surface area contributed by atoms with Gasteiger partial charge in [-0.05, 0) is 54.1 Å². The van der Waals surface area contributed by atoms with E-state index in [1.807, 2.05) is 0 Å². The minimum Gasteiger partial charge on any atom is -0.325 e. The lowest BCUT2D eigenvalue weighted by Gasteiger charge is -2.31. The predicted molar refractivity (Wildman–Crippen MR) is 170 cm³/mol. The monoisotopic (exact) mass is 742 g/mol. The van der Waals surface area contributed by atoms with Gasteiger partial charge in [-0.25, -0.2) is 18.5 Å². The number of carbonyl (C=O) groups excluding carboxylic acids is 3. The molecule has 2 unspecified atom stereocenters. The fraction of sp³-hybridized carbons (Fsp3) is 0.172. The van der Waals surface area contributed by atoms with E-state index in [-0.39, 0.29) is 31.3 Å². The van der Waals surface area contributed by atoms with Crippen molar-refractivity contribution in [2.75, 3.05) is 10.2 Å². The van der Waals surface area contributed by atoms with E-state index in [4.69, 9.17) is 28.3 Å². The Morgan fingerprint density at radius 1 is 0.979 bits per heavy atom. The molecule has 3 aromatic carbocycles. The minimum atomic E-state index is -4.73. The Morgan fingerprint density at radius 3 is 2.32 bits per heavy atom. The van der Waals surface area contributed by atoms with E-state index in [0.717, 1.165) is 39.8 Å². The van der Waals surface area contributed by atoms with Crippen molar-refractivity contribution in [2.24, 2.45) is 11.1 Å². The molecule has 6 rings (SSSR count). The molecular weight excluding hydrogens is 724 g/mol. The van der Waals surface area contributed by atoms with Crippen LogP contribution in [0.5, 0.6) is 0 Å². The molecule has 3 amide bonds. The van der Waals surface area contributed by atoms with Crippen molar-refractivity contribution >= 4 is 85.4 Å². The molecule has 3 atom stereocenters. The number of amides is 3. The van der Waals surface area contributed by atoms with Crippen LogP contribution >= 0.6 is 46.3 Å². The molecule has 244 valence electrons. The van der Waals surface area contributed by atoms with Gasteiger partial charge in [0.1, 0.15) is 11.8 Å². The summed E-state index contributed by atoms with van der Waals surface area (Å²) >= 11 is 14.5. The number of rotatable bonds is 6. The van der Waals surface area contributed by atoms with Gasteiger partial charge in [-0.2, -0.15) is 13.2 Å². The quantitative estimate of drug-likeness (QED) is 0.254. The van der Waals surface area contributed by atoms with Gasteiger partial charge in [-0.3, -0.25) is 23.7 Å². The third kappa shape index (κ3) is 6.09. The summed E-state index contributed by atoms with van der Waals surface area (Å²) in [5.41, 5.74) is -0.792. The van der Waals surface area contributed by atoms with Gasteiger partial charge in [0.05, 0.1) is 37.1 Å². The normalized spacial score (nSPS) is 19.4. The summed E-state index contributed by atoms with van der Waals surface area (Å²) in [5, 5.41) is 6.87. The first-order valence-electron chi connectivity index (χ1n) is 13.4. The smallest absolute Gasteiger partial charge is 0.325 e. The van der Waals surface area contributed by atoms with Gasteiger partial charge in [0, 0.05) is 16.5 Å².